The first-order valence-corrected chi connectivity index (χ1v) is 8.81. The molecule has 0 aromatic rings. The minimum atomic E-state index is -0.423. The van der Waals surface area contributed by atoms with Crippen LogP contribution in [0.5, 0.6) is 0 Å². The molecule has 0 N–H and O–H groups in total. The van der Waals surface area contributed by atoms with E-state index in [9.17, 15) is 0 Å². The maximum atomic E-state index is 6.10. The van der Waals surface area contributed by atoms with Crippen molar-refractivity contribution in [3.8, 4) is 0 Å². The Labute approximate surface area is 124 Å². The van der Waals surface area contributed by atoms with E-state index in [2.05, 4.69) is 6.92 Å². The van der Waals surface area contributed by atoms with Crippen molar-refractivity contribution in [3.63, 3.8) is 0 Å². The van der Waals surface area contributed by atoms with Crippen LogP contribution in [-0.4, -0.2) is 26.1 Å². The third-order valence-electron chi connectivity index (χ3n) is 4.46. The van der Waals surface area contributed by atoms with Gasteiger partial charge in [0.25, 0.3) is 0 Å². The zero-order chi connectivity index (χ0) is 14.0. The summed E-state index contributed by atoms with van der Waals surface area (Å²) in [6.45, 7) is 2.93. The van der Waals surface area contributed by atoms with Crippen LogP contribution in [0.3, 0.4) is 0 Å². The zero-order valence-electron chi connectivity index (χ0n) is 13.1. The lowest BCUT2D eigenvalue weighted by Gasteiger charge is -2.29. The summed E-state index contributed by atoms with van der Waals surface area (Å²) in [6.07, 6.45) is 15.5. The van der Waals surface area contributed by atoms with Crippen LogP contribution in [0, 0.1) is 0 Å². The Hall–Kier alpha value is -0.0551. The topological polar surface area (TPSA) is 27.7 Å². The van der Waals surface area contributed by atoms with Crippen LogP contribution in [0.4, 0.5) is 0 Å². The van der Waals surface area contributed by atoms with Crippen molar-refractivity contribution in [2.24, 2.45) is 0 Å². The minimum Gasteiger partial charge on any atom is -0.386 e. The first kappa shape index (κ1) is 16.3. The standard InChI is InChI=1S/C16H31BO3/c1-2-3-14-18-17(19-15-10-6-4-7-11-15)20-16-12-8-5-9-13-16/h15-16H,2-14H2,1H3. The quantitative estimate of drug-likeness (QED) is 0.485. The molecule has 2 fully saturated rings. The average molecular weight is 282 g/mol. The fourth-order valence-electron chi connectivity index (χ4n) is 3.15. The summed E-state index contributed by atoms with van der Waals surface area (Å²) < 4.78 is 18.0. The molecule has 0 atom stereocenters. The average Bonchev–Trinajstić information content (AvgIpc) is 2.49. The number of hydrogen-bond donors (Lipinski definition) is 0. The Morgan fingerprint density at radius 2 is 1.30 bits per heavy atom. The van der Waals surface area contributed by atoms with Gasteiger partial charge in [-0.05, 0) is 32.1 Å². The predicted octanol–water partition coefficient (Wildman–Crippen LogP) is 4.49. The van der Waals surface area contributed by atoms with Gasteiger partial charge in [0, 0.05) is 18.8 Å². The van der Waals surface area contributed by atoms with E-state index < -0.39 is 7.32 Å². The Balaban J connectivity index is 1.75. The number of rotatable bonds is 8. The SMILES string of the molecule is CCCCOB(OC1CCCCC1)OC1CCCCC1. The van der Waals surface area contributed by atoms with E-state index in [-0.39, 0.29) is 0 Å². The molecule has 0 saturated heterocycles. The van der Waals surface area contributed by atoms with Gasteiger partial charge in [0.15, 0.2) is 0 Å². The van der Waals surface area contributed by atoms with Gasteiger partial charge in [-0.3, -0.25) is 0 Å². The fourth-order valence-corrected chi connectivity index (χ4v) is 3.15. The second kappa shape index (κ2) is 9.80. The molecule has 0 radical (unpaired) electrons. The first-order chi connectivity index (χ1) is 9.88. The third kappa shape index (κ3) is 6.15. The summed E-state index contributed by atoms with van der Waals surface area (Å²) in [5, 5.41) is 0. The fraction of sp³-hybridized carbons (Fsp3) is 1.00. The summed E-state index contributed by atoms with van der Waals surface area (Å²) >= 11 is 0. The lowest BCUT2D eigenvalue weighted by molar-refractivity contribution is 0.00904. The highest BCUT2D eigenvalue weighted by atomic mass is 16.7. The largest absolute Gasteiger partial charge is 0.639 e. The van der Waals surface area contributed by atoms with Gasteiger partial charge in [0.1, 0.15) is 0 Å². The van der Waals surface area contributed by atoms with Crippen LogP contribution >= 0.6 is 0 Å². The van der Waals surface area contributed by atoms with Crippen molar-refractivity contribution in [3.05, 3.63) is 0 Å². The molecule has 0 aliphatic heterocycles. The molecule has 116 valence electrons. The summed E-state index contributed by atoms with van der Waals surface area (Å²) in [5.41, 5.74) is 0. The molecule has 0 heterocycles. The van der Waals surface area contributed by atoms with Gasteiger partial charge in [0.2, 0.25) is 0 Å². The molecule has 2 rings (SSSR count). The van der Waals surface area contributed by atoms with Gasteiger partial charge in [-0.2, -0.15) is 0 Å². The van der Waals surface area contributed by atoms with Crippen molar-refractivity contribution in [2.45, 2.75) is 96.2 Å². The second-order valence-electron chi connectivity index (χ2n) is 6.31. The summed E-state index contributed by atoms with van der Waals surface area (Å²) in [4.78, 5) is 0. The zero-order valence-corrected chi connectivity index (χ0v) is 13.1. The number of unbranched alkanes of at least 4 members (excludes halogenated alkanes) is 1. The maximum Gasteiger partial charge on any atom is 0.639 e. The van der Waals surface area contributed by atoms with Gasteiger partial charge in [0.05, 0.1) is 0 Å². The normalized spacial score (nSPS) is 22.1. The van der Waals surface area contributed by atoms with E-state index in [0.717, 1.165) is 19.4 Å². The van der Waals surface area contributed by atoms with Crippen LogP contribution in [0.15, 0.2) is 0 Å². The smallest absolute Gasteiger partial charge is 0.386 e. The highest BCUT2D eigenvalue weighted by Crippen LogP contribution is 2.24. The van der Waals surface area contributed by atoms with Crippen LogP contribution in [-0.2, 0) is 14.0 Å². The van der Waals surface area contributed by atoms with Crippen LogP contribution in [0.25, 0.3) is 0 Å². The Morgan fingerprint density at radius 1 is 0.800 bits per heavy atom. The van der Waals surface area contributed by atoms with Crippen LogP contribution in [0.2, 0.25) is 0 Å². The van der Waals surface area contributed by atoms with Gasteiger partial charge < -0.3 is 14.0 Å². The van der Waals surface area contributed by atoms with Crippen LogP contribution < -0.4 is 0 Å². The van der Waals surface area contributed by atoms with Crippen molar-refractivity contribution < 1.29 is 14.0 Å². The number of hydrogen-bond acceptors (Lipinski definition) is 3. The van der Waals surface area contributed by atoms with E-state index in [4.69, 9.17) is 14.0 Å². The monoisotopic (exact) mass is 282 g/mol. The van der Waals surface area contributed by atoms with E-state index in [0.29, 0.717) is 12.2 Å². The van der Waals surface area contributed by atoms with Crippen LogP contribution in [0.1, 0.15) is 84.0 Å². The predicted molar refractivity (Wildman–Crippen MR) is 82.5 cm³/mol. The minimum absolute atomic E-state index is 0.346. The molecule has 2 aliphatic carbocycles. The highest BCUT2D eigenvalue weighted by Gasteiger charge is 2.30. The molecule has 20 heavy (non-hydrogen) atoms. The van der Waals surface area contributed by atoms with Gasteiger partial charge >= 0.3 is 7.32 Å². The molecule has 0 aromatic heterocycles. The molecule has 0 aromatic carbocycles. The van der Waals surface area contributed by atoms with Crippen molar-refractivity contribution in [1.82, 2.24) is 0 Å². The van der Waals surface area contributed by atoms with Gasteiger partial charge in [-0.25, -0.2) is 0 Å². The molecule has 4 heteroatoms. The first-order valence-electron chi connectivity index (χ1n) is 8.81. The van der Waals surface area contributed by atoms with E-state index in [1.165, 1.54) is 64.2 Å². The summed E-state index contributed by atoms with van der Waals surface area (Å²) in [5.74, 6) is 0. The van der Waals surface area contributed by atoms with Gasteiger partial charge in [-0.1, -0.05) is 51.9 Å². The van der Waals surface area contributed by atoms with Crippen molar-refractivity contribution in [1.29, 1.82) is 0 Å². The highest BCUT2D eigenvalue weighted by molar-refractivity contribution is 6.36. The van der Waals surface area contributed by atoms with Crippen molar-refractivity contribution >= 4 is 7.32 Å². The third-order valence-corrected chi connectivity index (χ3v) is 4.46. The molecule has 3 nitrogen and oxygen atoms in total. The lowest BCUT2D eigenvalue weighted by Crippen LogP contribution is -2.37. The molecule has 2 aliphatic rings. The Morgan fingerprint density at radius 3 is 1.75 bits per heavy atom. The lowest BCUT2D eigenvalue weighted by atomic mass is 9.95. The molecule has 0 spiro atoms. The van der Waals surface area contributed by atoms with E-state index in [1.54, 1.807) is 0 Å². The second-order valence-corrected chi connectivity index (χ2v) is 6.31. The Bertz CT molecular complexity index is 218. The maximum absolute atomic E-state index is 6.10. The van der Waals surface area contributed by atoms with Gasteiger partial charge in [-0.15, -0.1) is 0 Å². The molecule has 0 bridgehead atoms. The molecule has 0 amide bonds. The Kier molecular flexibility index (Phi) is 8.00. The molecule has 0 unspecified atom stereocenters. The summed E-state index contributed by atoms with van der Waals surface area (Å²) in [7, 11) is -0.423. The molecule has 2 saturated carbocycles. The van der Waals surface area contributed by atoms with E-state index in [1.807, 2.05) is 0 Å². The summed E-state index contributed by atoms with van der Waals surface area (Å²) in [6, 6.07) is 0. The molecular weight excluding hydrogens is 251 g/mol. The van der Waals surface area contributed by atoms with Crippen molar-refractivity contribution in [2.75, 3.05) is 6.61 Å². The molecular formula is C16H31BO3. The van der Waals surface area contributed by atoms with E-state index >= 15 is 0 Å².